The van der Waals surface area contributed by atoms with E-state index in [-0.39, 0.29) is 11.2 Å². The van der Waals surface area contributed by atoms with Crippen molar-refractivity contribution in [3.8, 4) is 0 Å². The minimum atomic E-state index is -0.389. The van der Waals surface area contributed by atoms with Crippen LogP contribution in [0.1, 0.15) is 63.9 Å². The molecule has 1 saturated carbocycles. The second-order valence-corrected chi connectivity index (χ2v) is 10.6. The maximum atomic E-state index is 12.9. The van der Waals surface area contributed by atoms with E-state index in [4.69, 9.17) is 9.97 Å². The zero-order valence-corrected chi connectivity index (χ0v) is 19.7. The Bertz CT molecular complexity index is 857. The summed E-state index contributed by atoms with van der Waals surface area (Å²) in [6.45, 7) is 11.7. The lowest BCUT2D eigenvalue weighted by atomic mass is 9.82. The number of rotatable bonds is 7. The largest absolute Gasteiger partial charge is 0.354 e. The van der Waals surface area contributed by atoms with E-state index in [1.165, 1.54) is 37.4 Å². The molecule has 0 aromatic carbocycles. The molecule has 1 aliphatic heterocycles. The van der Waals surface area contributed by atoms with Crippen LogP contribution in [-0.2, 0) is 5.41 Å². The summed E-state index contributed by atoms with van der Waals surface area (Å²) < 4.78 is 12.9. The standard InChI is InChI=1S/C23H33FN6S/c1-23(2,3)21-27-19(17-6-4-7-17)14-20(28-21)30-11-9-29(10-12-30)8-5-13-31-22-25-15-18(24)16-26-22/h14-17H,4-13H2,1-3H3. The van der Waals surface area contributed by atoms with Gasteiger partial charge in [0.2, 0.25) is 0 Å². The first kappa shape index (κ1) is 22.4. The zero-order chi connectivity index (χ0) is 21.8. The summed E-state index contributed by atoms with van der Waals surface area (Å²) in [5.74, 6) is 3.24. The average molecular weight is 445 g/mol. The van der Waals surface area contributed by atoms with Crippen LogP contribution in [0.5, 0.6) is 0 Å². The maximum absolute atomic E-state index is 12.9. The quantitative estimate of drug-likeness (QED) is 0.359. The third kappa shape index (κ3) is 5.92. The Balaban J connectivity index is 1.28. The topological polar surface area (TPSA) is 58.0 Å². The van der Waals surface area contributed by atoms with Crippen molar-refractivity contribution >= 4 is 17.6 Å². The Labute approximate surface area is 189 Å². The van der Waals surface area contributed by atoms with Gasteiger partial charge >= 0.3 is 0 Å². The molecule has 0 radical (unpaired) electrons. The molecule has 8 heteroatoms. The van der Waals surface area contributed by atoms with Crippen molar-refractivity contribution in [1.82, 2.24) is 24.8 Å². The molecule has 2 fully saturated rings. The molecule has 2 aromatic heterocycles. The first-order chi connectivity index (χ1) is 14.9. The molecule has 1 aliphatic carbocycles. The molecular weight excluding hydrogens is 411 g/mol. The lowest BCUT2D eigenvalue weighted by molar-refractivity contribution is 0.258. The Morgan fingerprint density at radius 1 is 1.06 bits per heavy atom. The summed E-state index contributed by atoms with van der Waals surface area (Å²) in [4.78, 5) is 22.8. The van der Waals surface area contributed by atoms with E-state index >= 15 is 0 Å². The van der Waals surface area contributed by atoms with Crippen LogP contribution in [0.3, 0.4) is 0 Å². The molecule has 0 unspecified atom stereocenters. The smallest absolute Gasteiger partial charge is 0.187 e. The van der Waals surface area contributed by atoms with Gasteiger partial charge in [0.15, 0.2) is 11.0 Å². The van der Waals surface area contributed by atoms with Crippen LogP contribution in [0.15, 0.2) is 23.6 Å². The number of thioether (sulfide) groups is 1. The fourth-order valence-corrected chi connectivity index (χ4v) is 4.60. The molecular formula is C23H33FN6S. The van der Waals surface area contributed by atoms with Gasteiger partial charge in [-0.2, -0.15) is 0 Å². The first-order valence-electron chi connectivity index (χ1n) is 11.4. The van der Waals surface area contributed by atoms with Gasteiger partial charge in [-0.15, -0.1) is 0 Å². The van der Waals surface area contributed by atoms with Crippen molar-refractivity contribution in [2.45, 2.75) is 62.9 Å². The third-order valence-corrected chi connectivity index (χ3v) is 7.03. The highest BCUT2D eigenvalue weighted by molar-refractivity contribution is 7.99. The number of piperazine rings is 1. The summed E-state index contributed by atoms with van der Waals surface area (Å²) in [6, 6.07) is 2.24. The fourth-order valence-electron chi connectivity index (χ4n) is 3.89. The number of aromatic nitrogens is 4. The molecule has 0 N–H and O–H groups in total. The molecule has 168 valence electrons. The number of nitrogens with zero attached hydrogens (tertiary/aromatic N) is 6. The van der Waals surface area contributed by atoms with Crippen LogP contribution < -0.4 is 4.90 Å². The predicted octanol–water partition coefficient (Wildman–Crippen LogP) is 4.28. The van der Waals surface area contributed by atoms with E-state index in [9.17, 15) is 4.39 Å². The SMILES string of the molecule is CC(C)(C)c1nc(C2CCC2)cc(N2CCN(CCCSc3ncc(F)cn3)CC2)n1. The maximum Gasteiger partial charge on any atom is 0.187 e. The highest BCUT2D eigenvalue weighted by Crippen LogP contribution is 2.37. The van der Waals surface area contributed by atoms with E-state index < -0.39 is 0 Å². The van der Waals surface area contributed by atoms with Crippen LogP contribution in [0.25, 0.3) is 0 Å². The highest BCUT2D eigenvalue weighted by atomic mass is 32.2. The Kier molecular flexibility index (Phi) is 7.06. The fraction of sp³-hybridized carbons (Fsp3) is 0.652. The summed E-state index contributed by atoms with van der Waals surface area (Å²) in [5.41, 5.74) is 1.20. The molecule has 0 spiro atoms. The van der Waals surface area contributed by atoms with E-state index in [0.717, 1.165) is 56.5 Å². The molecule has 0 atom stereocenters. The second kappa shape index (κ2) is 9.77. The molecule has 1 saturated heterocycles. The Morgan fingerprint density at radius 2 is 1.77 bits per heavy atom. The van der Waals surface area contributed by atoms with Crippen molar-refractivity contribution < 1.29 is 4.39 Å². The van der Waals surface area contributed by atoms with Crippen LogP contribution in [-0.4, -0.2) is 63.3 Å². The van der Waals surface area contributed by atoms with Crippen molar-refractivity contribution in [1.29, 1.82) is 0 Å². The lowest BCUT2D eigenvalue weighted by Crippen LogP contribution is -2.47. The second-order valence-electron chi connectivity index (χ2n) is 9.57. The molecule has 2 aromatic rings. The van der Waals surface area contributed by atoms with Crippen molar-refractivity contribution in [3.63, 3.8) is 0 Å². The van der Waals surface area contributed by atoms with Gasteiger partial charge in [-0.05, 0) is 25.8 Å². The van der Waals surface area contributed by atoms with E-state index in [1.807, 2.05) is 0 Å². The molecule has 4 rings (SSSR count). The summed E-state index contributed by atoms with van der Waals surface area (Å²) in [5, 5.41) is 0.645. The lowest BCUT2D eigenvalue weighted by Gasteiger charge is -2.36. The first-order valence-corrected chi connectivity index (χ1v) is 12.3. The van der Waals surface area contributed by atoms with E-state index in [1.54, 1.807) is 11.8 Å². The average Bonchev–Trinajstić information content (AvgIpc) is 2.71. The summed E-state index contributed by atoms with van der Waals surface area (Å²) >= 11 is 1.59. The van der Waals surface area contributed by atoms with Crippen molar-refractivity contribution in [2.75, 3.05) is 43.4 Å². The minimum absolute atomic E-state index is 0.0395. The van der Waals surface area contributed by atoms with Crippen LogP contribution in [0.4, 0.5) is 10.2 Å². The number of hydrogen-bond acceptors (Lipinski definition) is 7. The molecule has 0 bridgehead atoms. The summed E-state index contributed by atoms with van der Waals surface area (Å²) in [7, 11) is 0. The normalized spacial score (nSPS) is 18.3. The van der Waals surface area contributed by atoms with Gasteiger partial charge in [0.05, 0.1) is 12.4 Å². The van der Waals surface area contributed by atoms with E-state index in [2.05, 4.69) is 46.6 Å². The number of hydrogen-bond donors (Lipinski definition) is 0. The highest BCUT2D eigenvalue weighted by Gasteiger charge is 2.27. The molecule has 0 amide bonds. The van der Waals surface area contributed by atoms with Crippen LogP contribution >= 0.6 is 11.8 Å². The van der Waals surface area contributed by atoms with Crippen LogP contribution in [0.2, 0.25) is 0 Å². The Morgan fingerprint density at radius 3 is 2.39 bits per heavy atom. The van der Waals surface area contributed by atoms with Gasteiger partial charge in [-0.25, -0.2) is 24.3 Å². The monoisotopic (exact) mass is 444 g/mol. The van der Waals surface area contributed by atoms with Gasteiger partial charge in [0.1, 0.15) is 11.6 Å². The summed E-state index contributed by atoms with van der Waals surface area (Å²) in [6.07, 6.45) is 7.36. The molecule has 2 aliphatic rings. The molecule has 31 heavy (non-hydrogen) atoms. The molecule has 3 heterocycles. The van der Waals surface area contributed by atoms with Crippen LogP contribution in [0, 0.1) is 5.82 Å². The minimum Gasteiger partial charge on any atom is -0.354 e. The third-order valence-electron chi connectivity index (χ3n) is 6.07. The number of anilines is 1. The van der Waals surface area contributed by atoms with Gasteiger partial charge < -0.3 is 4.90 Å². The Hall–Kier alpha value is -1.80. The van der Waals surface area contributed by atoms with Gasteiger partial charge in [0.25, 0.3) is 0 Å². The predicted molar refractivity (Wildman–Crippen MR) is 123 cm³/mol. The van der Waals surface area contributed by atoms with Gasteiger partial charge in [-0.3, -0.25) is 4.90 Å². The number of halogens is 1. The zero-order valence-electron chi connectivity index (χ0n) is 18.8. The van der Waals surface area contributed by atoms with Gasteiger partial charge in [0, 0.05) is 55.0 Å². The van der Waals surface area contributed by atoms with Crippen molar-refractivity contribution in [2.24, 2.45) is 0 Å². The van der Waals surface area contributed by atoms with Gasteiger partial charge in [-0.1, -0.05) is 39.0 Å². The molecule has 6 nitrogen and oxygen atoms in total. The van der Waals surface area contributed by atoms with E-state index in [0.29, 0.717) is 11.1 Å². The van der Waals surface area contributed by atoms with Crippen molar-refractivity contribution in [3.05, 3.63) is 35.8 Å².